The van der Waals surface area contributed by atoms with Crippen LogP contribution >= 0.6 is 22.6 Å². The number of carbonyl (C=O) groups is 2. The van der Waals surface area contributed by atoms with Crippen LogP contribution in [0.2, 0.25) is 0 Å². The summed E-state index contributed by atoms with van der Waals surface area (Å²) in [7, 11) is 0. The summed E-state index contributed by atoms with van der Waals surface area (Å²) in [6, 6.07) is 10.2. The van der Waals surface area contributed by atoms with Gasteiger partial charge in [0.1, 0.15) is 15.6 Å². The first-order valence-corrected chi connectivity index (χ1v) is 11.2. The van der Waals surface area contributed by atoms with Crippen LogP contribution in [-0.2, 0) is 24.7 Å². The Hall–Kier alpha value is -1.15. The molecule has 0 bridgehead atoms. The molecule has 1 atom stereocenters. The van der Waals surface area contributed by atoms with E-state index < -0.39 is 5.60 Å². The Morgan fingerprint density at radius 3 is 2.33 bits per heavy atom. The smallest absolute Gasteiger partial charge is 0.318 e. The van der Waals surface area contributed by atoms with Gasteiger partial charge in [-0.2, -0.15) is 0 Å². The van der Waals surface area contributed by atoms with Gasteiger partial charge in [-0.3, -0.25) is 9.59 Å². The highest BCUT2D eigenvalue weighted by Crippen LogP contribution is 2.36. The number of quaternary nitrogens is 1. The predicted octanol–water partition coefficient (Wildman–Crippen LogP) is 2.71. The molecule has 27 heavy (non-hydrogen) atoms. The maximum absolute atomic E-state index is 12.9. The lowest BCUT2D eigenvalue weighted by molar-refractivity contribution is -0.668. The normalized spacial score (nSPS) is 26.0. The van der Waals surface area contributed by atoms with Crippen LogP contribution in [0.4, 0.5) is 0 Å². The van der Waals surface area contributed by atoms with Crippen molar-refractivity contribution in [1.82, 2.24) is 0 Å². The summed E-state index contributed by atoms with van der Waals surface area (Å²) >= 11 is 2.07. The van der Waals surface area contributed by atoms with Crippen molar-refractivity contribution in [2.45, 2.75) is 61.1 Å². The monoisotopic (exact) mass is 486 g/mol. The average molecular weight is 486 g/mol. The molecular formula is C21H29INO4+. The number of halogens is 1. The van der Waals surface area contributed by atoms with E-state index in [1.807, 2.05) is 25.1 Å². The fraction of sp³-hybridized carbons (Fsp3) is 0.619. The molecule has 6 heteroatoms. The lowest BCUT2D eigenvalue weighted by atomic mass is 9.83. The number of alkyl halides is 1. The second kappa shape index (κ2) is 9.37. The molecule has 2 fully saturated rings. The third-order valence-electron chi connectivity index (χ3n) is 5.72. The first-order chi connectivity index (χ1) is 13.0. The van der Waals surface area contributed by atoms with E-state index >= 15 is 0 Å². The molecule has 1 aromatic carbocycles. The lowest BCUT2D eigenvalue weighted by Gasteiger charge is -2.38. The van der Waals surface area contributed by atoms with E-state index in [9.17, 15) is 9.59 Å². The fourth-order valence-electron chi connectivity index (χ4n) is 4.08. The summed E-state index contributed by atoms with van der Waals surface area (Å²) in [6.07, 6.45) is 4.56. The number of hydrogen-bond acceptors (Lipinski definition) is 4. The maximum atomic E-state index is 12.9. The molecule has 1 saturated heterocycles. The first kappa shape index (κ1) is 20.6. The first-order valence-electron chi connectivity index (χ1n) is 9.95. The molecule has 1 saturated carbocycles. The Morgan fingerprint density at radius 1 is 1.11 bits per heavy atom. The van der Waals surface area contributed by atoms with Crippen molar-refractivity contribution in [3.05, 3.63) is 35.9 Å². The van der Waals surface area contributed by atoms with E-state index in [1.54, 1.807) is 0 Å². The van der Waals surface area contributed by atoms with Crippen molar-refractivity contribution < 1.29 is 24.4 Å². The lowest BCUT2D eigenvalue weighted by Crippen LogP contribution is -2.87. The number of esters is 2. The van der Waals surface area contributed by atoms with Crippen molar-refractivity contribution in [1.29, 1.82) is 0 Å². The van der Waals surface area contributed by atoms with Gasteiger partial charge < -0.3 is 14.8 Å². The summed E-state index contributed by atoms with van der Waals surface area (Å²) in [4.78, 5) is 24.7. The van der Waals surface area contributed by atoms with Crippen molar-refractivity contribution in [3.8, 4) is 0 Å². The molecule has 2 aliphatic rings. The van der Waals surface area contributed by atoms with Crippen LogP contribution < -0.4 is 5.32 Å². The van der Waals surface area contributed by atoms with Gasteiger partial charge in [-0.15, -0.1) is 0 Å². The van der Waals surface area contributed by atoms with Gasteiger partial charge in [0.15, 0.2) is 0 Å². The third-order valence-corrected chi connectivity index (χ3v) is 6.22. The standard InChI is InChI=1S/C21H28INO4/c1-15(22)19(24)26-18-9-7-16(8-10-18)20(25)27-21(11-13-23-14-12-21)17-5-3-2-4-6-17/h2-6,15-16,18,23H,7-14H2,1H3/p+1. The largest absolute Gasteiger partial charge is 0.462 e. The van der Waals surface area contributed by atoms with Gasteiger partial charge in [0.25, 0.3) is 0 Å². The van der Waals surface area contributed by atoms with Crippen LogP contribution in [0.3, 0.4) is 0 Å². The molecule has 0 radical (unpaired) electrons. The summed E-state index contributed by atoms with van der Waals surface area (Å²) in [5.74, 6) is -0.348. The van der Waals surface area contributed by atoms with Crippen LogP contribution in [0.1, 0.15) is 51.0 Å². The number of ether oxygens (including phenoxy) is 2. The molecular weight excluding hydrogens is 457 g/mol. The quantitative estimate of drug-likeness (QED) is 0.395. The Bertz CT molecular complexity index is 635. The third kappa shape index (κ3) is 5.22. The number of rotatable bonds is 5. The molecule has 0 amide bonds. The van der Waals surface area contributed by atoms with Gasteiger partial charge in [0.2, 0.25) is 0 Å². The van der Waals surface area contributed by atoms with Crippen molar-refractivity contribution in [3.63, 3.8) is 0 Å². The van der Waals surface area contributed by atoms with Gasteiger partial charge in [-0.05, 0) is 38.2 Å². The molecule has 3 rings (SSSR count). The highest BCUT2D eigenvalue weighted by Gasteiger charge is 2.41. The van der Waals surface area contributed by atoms with E-state index in [0.29, 0.717) is 0 Å². The minimum atomic E-state index is -0.493. The molecule has 2 N–H and O–H groups in total. The molecule has 1 aliphatic carbocycles. The molecule has 0 spiro atoms. The highest BCUT2D eigenvalue weighted by atomic mass is 127. The molecule has 1 unspecified atom stereocenters. The zero-order valence-corrected chi connectivity index (χ0v) is 18.0. The van der Waals surface area contributed by atoms with Gasteiger partial charge in [0, 0.05) is 12.8 Å². The number of piperidine rings is 1. The molecule has 0 aromatic heterocycles. The Balaban J connectivity index is 1.60. The van der Waals surface area contributed by atoms with E-state index in [4.69, 9.17) is 9.47 Å². The zero-order chi connectivity index (χ0) is 19.3. The second-order valence-electron chi connectivity index (χ2n) is 7.67. The van der Waals surface area contributed by atoms with Crippen molar-refractivity contribution >= 4 is 34.5 Å². The van der Waals surface area contributed by atoms with Gasteiger partial charge in [-0.25, -0.2) is 0 Å². The summed E-state index contributed by atoms with van der Waals surface area (Å²) in [6.45, 7) is 3.77. The maximum Gasteiger partial charge on any atom is 0.318 e. The molecule has 1 aliphatic heterocycles. The minimum absolute atomic E-state index is 0.0638. The summed E-state index contributed by atoms with van der Waals surface area (Å²) in [5.41, 5.74) is 0.609. The number of hydrogen-bond donors (Lipinski definition) is 1. The Kier molecular flexibility index (Phi) is 7.14. The van der Waals surface area contributed by atoms with Crippen LogP contribution in [0.15, 0.2) is 30.3 Å². The molecule has 1 heterocycles. The van der Waals surface area contributed by atoms with E-state index in [2.05, 4.69) is 40.0 Å². The van der Waals surface area contributed by atoms with Crippen LogP contribution in [0.25, 0.3) is 0 Å². The molecule has 5 nitrogen and oxygen atoms in total. The van der Waals surface area contributed by atoms with E-state index in [1.165, 1.54) is 0 Å². The van der Waals surface area contributed by atoms with Gasteiger partial charge in [-0.1, -0.05) is 52.9 Å². The second-order valence-corrected chi connectivity index (χ2v) is 9.54. The topological polar surface area (TPSA) is 69.2 Å². The Morgan fingerprint density at radius 2 is 1.74 bits per heavy atom. The highest BCUT2D eigenvalue weighted by molar-refractivity contribution is 14.1. The SMILES string of the molecule is CC(I)C(=O)OC1CCC(C(=O)OC2(c3ccccc3)CC[NH2+]CC2)CC1. The van der Waals surface area contributed by atoms with Gasteiger partial charge in [0.05, 0.1) is 19.0 Å². The molecule has 148 valence electrons. The average Bonchev–Trinajstić information content (AvgIpc) is 2.70. The Labute approximate surface area is 174 Å². The van der Waals surface area contributed by atoms with Crippen molar-refractivity contribution in [2.75, 3.05) is 13.1 Å². The summed E-state index contributed by atoms with van der Waals surface area (Å²) < 4.78 is 11.6. The number of nitrogens with two attached hydrogens (primary N) is 1. The fourth-order valence-corrected chi connectivity index (χ4v) is 4.23. The zero-order valence-electron chi connectivity index (χ0n) is 15.9. The number of carbonyl (C=O) groups excluding carboxylic acids is 2. The molecule has 1 aromatic rings. The van der Waals surface area contributed by atoms with Gasteiger partial charge >= 0.3 is 11.9 Å². The van der Waals surface area contributed by atoms with E-state index in [-0.39, 0.29) is 27.9 Å². The summed E-state index contributed by atoms with van der Waals surface area (Å²) in [5, 5.41) is 2.28. The minimum Gasteiger partial charge on any atom is -0.462 e. The van der Waals surface area contributed by atoms with E-state index in [0.717, 1.165) is 57.2 Å². The van der Waals surface area contributed by atoms with Crippen LogP contribution in [0.5, 0.6) is 0 Å². The van der Waals surface area contributed by atoms with Crippen LogP contribution in [0, 0.1) is 5.92 Å². The number of benzene rings is 1. The van der Waals surface area contributed by atoms with Crippen molar-refractivity contribution in [2.24, 2.45) is 5.92 Å². The predicted molar refractivity (Wildman–Crippen MR) is 110 cm³/mol. The van der Waals surface area contributed by atoms with Crippen LogP contribution in [-0.4, -0.2) is 35.1 Å².